The molecule has 0 aliphatic rings. The van der Waals surface area contributed by atoms with Gasteiger partial charge >= 0.3 is 0 Å². The Labute approximate surface area is 175 Å². The molecule has 8 heteroatoms. The summed E-state index contributed by atoms with van der Waals surface area (Å²) in [7, 11) is 0. The summed E-state index contributed by atoms with van der Waals surface area (Å²) >= 11 is 0. The number of nitrogens with zero attached hydrogens (tertiary/aromatic N) is 4. The fourth-order valence-corrected chi connectivity index (χ4v) is 2.59. The molecule has 2 aromatic rings. The first-order valence-corrected chi connectivity index (χ1v) is 8.15. The Morgan fingerprint density at radius 3 is 1.54 bits per heavy atom. The van der Waals surface area contributed by atoms with Crippen molar-refractivity contribution >= 4 is 12.4 Å². The van der Waals surface area contributed by atoms with E-state index in [1.54, 1.807) is 0 Å². The third-order valence-corrected chi connectivity index (χ3v) is 3.76. The number of unbranched alkanes of at least 4 members (excludes halogenated alkanes) is 3. The number of aromatic nitrogens is 2. The standard InChI is InChI=1S/C18H22N4O2.2BrH/c23-19-13-17-7-5-11-21(15-17)9-3-1-2-4-10-22-12-6-8-18(16-22)14-20-24;;/h5-8,11-16H,1-4,9-10H2;2*1H/b19-13+,20-14+;;. The number of hydrogen-bond donors (Lipinski definition) is 2. The van der Waals surface area contributed by atoms with E-state index >= 15 is 0 Å². The van der Waals surface area contributed by atoms with Crippen LogP contribution in [0.3, 0.4) is 0 Å². The van der Waals surface area contributed by atoms with Crippen molar-refractivity contribution in [3.8, 4) is 0 Å². The topological polar surface area (TPSA) is 72.9 Å². The predicted octanol–water partition coefficient (Wildman–Crippen LogP) is -3.85. The zero-order valence-corrected chi connectivity index (χ0v) is 17.6. The first kappa shape index (κ1) is 24.2. The Hall–Kier alpha value is -1.80. The molecule has 0 amide bonds. The Morgan fingerprint density at radius 1 is 0.731 bits per heavy atom. The van der Waals surface area contributed by atoms with E-state index in [1.165, 1.54) is 25.3 Å². The average Bonchev–Trinajstić information content (AvgIpc) is 2.59. The van der Waals surface area contributed by atoms with E-state index in [1.807, 2.05) is 49.1 Å². The molecular weight excluding hydrogens is 464 g/mol. The Bertz CT molecular complexity index is 637. The van der Waals surface area contributed by atoms with Crippen LogP contribution in [-0.4, -0.2) is 22.8 Å². The number of rotatable bonds is 9. The SMILES string of the molecule is O/N=C/c1ccc[n+](CCCCCC[n+]2cccc(/C=N/O)c2)c1.[Br-].[Br-]. The second-order valence-corrected chi connectivity index (χ2v) is 5.65. The molecule has 26 heavy (non-hydrogen) atoms. The van der Waals surface area contributed by atoms with Gasteiger partial charge in [-0.2, -0.15) is 0 Å². The monoisotopic (exact) mass is 486 g/mol. The maximum absolute atomic E-state index is 8.56. The lowest BCUT2D eigenvalue weighted by molar-refractivity contribution is -0.698. The molecule has 2 aromatic heterocycles. The van der Waals surface area contributed by atoms with Crippen LogP contribution < -0.4 is 43.1 Å². The number of halogens is 2. The van der Waals surface area contributed by atoms with Gasteiger partial charge in [-0.15, -0.1) is 0 Å². The fraction of sp³-hybridized carbons (Fsp3) is 0.333. The van der Waals surface area contributed by atoms with Crippen molar-refractivity contribution in [2.75, 3.05) is 0 Å². The molecule has 0 unspecified atom stereocenters. The van der Waals surface area contributed by atoms with Crippen LogP contribution in [0.1, 0.15) is 36.8 Å². The van der Waals surface area contributed by atoms with Gasteiger partial charge in [0.25, 0.3) is 0 Å². The molecule has 0 radical (unpaired) electrons. The smallest absolute Gasteiger partial charge is 0.177 e. The van der Waals surface area contributed by atoms with Gasteiger partial charge in [0.2, 0.25) is 0 Å². The fourth-order valence-electron chi connectivity index (χ4n) is 2.59. The van der Waals surface area contributed by atoms with Gasteiger partial charge in [0.1, 0.15) is 13.1 Å². The van der Waals surface area contributed by atoms with Gasteiger partial charge in [0, 0.05) is 25.0 Å². The highest BCUT2D eigenvalue weighted by atomic mass is 79.9. The van der Waals surface area contributed by atoms with Crippen molar-refractivity contribution in [2.24, 2.45) is 10.3 Å². The third kappa shape index (κ3) is 9.05. The summed E-state index contributed by atoms with van der Waals surface area (Å²) in [5, 5.41) is 23.2. The molecule has 0 aliphatic heterocycles. The maximum atomic E-state index is 8.56. The van der Waals surface area contributed by atoms with Crippen LogP contribution >= 0.6 is 0 Å². The first-order chi connectivity index (χ1) is 11.8. The van der Waals surface area contributed by atoms with Crippen LogP contribution in [0.25, 0.3) is 0 Å². The van der Waals surface area contributed by atoms with Gasteiger partial charge < -0.3 is 44.4 Å². The van der Waals surface area contributed by atoms with E-state index in [0.29, 0.717) is 0 Å². The molecule has 142 valence electrons. The Kier molecular flexibility index (Phi) is 13.4. The Balaban J connectivity index is 0.00000312. The van der Waals surface area contributed by atoms with Gasteiger partial charge in [-0.3, -0.25) is 0 Å². The molecule has 0 saturated carbocycles. The molecule has 0 aromatic carbocycles. The second-order valence-electron chi connectivity index (χ2n) is 5.65. The number of pyridine rings is 2. The summed E-state index contributed by atoms with van der Waals surface area (Å²) in [5.41, 5.74) is 1.78. The van der Waals surface area contributed by atoms with E-state index < -0.39 is 0 Å². The van der Waals surface area contributed by atoms with Crippen molar-refractivity contribution in [3.63, 3.8) is 0 Å². The lowest BCUT2D eigenvalue weighted by atomic mass is 10.2. The van der Waals surface area contributed by atoms with Crippen LogP contribution in [0.15, 0.2) is 59.4 Å². The summed E-state index contributed by atoms with van der Waals surface area (Å²) in [6, 6.07) is 7.72. The average molecular weight is 488 g/mol. The molecule has 0 spiro atoms. The first-order valence-electron chi connectivity index (χ1n) is 8.15. The van der Waals surface area contributed by atoms with Gasteiger partial charge in [0.05, 0.1) is 23.6 Å². The molecule has 0 atom stereocenters. The summed E-state index contributed by atoms with van der Waals surface area (Å²) in [5.74, 6) is 0. The van der Waals surface area contributed by atoms with Crippen LogP contribution in [0.2, 0.25) is 0 Å². The number of hydrogen-bond acceptors (Lipinski definition) is 4. The van der Waals surface area contributed by atoms with Crippen molar-refractivity contribution in [2.45, 2.75) is 38.8 Å². The lowest BCUT2D eigenvalue weighted by Crippen LogP contribution is -3.00. The molecule has 0 aliphatic carbocycles. The van der Waals surface area contributed by atoms with E-state index in [4.69, 9.17) is 10.4 Å². The van der Waals surface area contributed by atoms with Gasteiger partial charge in [-0.1, -0.05) is 10.3 Å². The highest BCUT2D eigenvalue weighted by Crippen LogP contribution is 2.01. The van der Waals surface area contributed by atoms with Gasteiger partial charge in [0.15, 0.2) is 24.8 Å². The lowest BCUT2D eigenvalue weighted by Gasteiger charge is -2.00. The predicted molar refractivity (Wildman–Crippen MR) is 90.5 cm³/mol. The van der Waals surface area contributed by atoms with Crippen molar-refractivity contribution in [1.82, 2.24) is 0 Å². The summed E-state index contributed by atoms with van der Waals surface area (Å²) < 4.78 is 4.23. The van der Waals surface area contributed by atoms with E-state index in [2.05, 4.69) is 19.4 Å². The maximum Gasteiger partial charge on any atom is 0.177 e. The summed E-state index contributed by atoms with van der Waals surface area (Å²) in [4.78, 5) is 0. The highest BCUT2D eigenvalue weighted by Gasteiger charge is 2.04. The molecule has 0 saturated heterocycles. The number of oxime groups is 2. The van der Waals surface area contributed by atoms with Gasteiger partial charge in [-0.05, 0) is 25.0 Å². The molecular formula is C18H24Br2N4O2. The molecule has 2 rings (SSSR count). The third-order valence-electron chi connectivity index (χ3n) is 3.76. The normalized spacial score (nSPS) is 10.6. The molecule has 0 fully saturated rings. The highest BCUT2D eigenvalue weighted by molar-refractivity contribution is 5.78. The summed E-state index contributed by atoms with van der Waals surface area (Å²) in [6.07, 6.45) is 15.4. The van der Waals surface area contributed by atoms with Crippen LogP contribution in [-0.2, 0) is 13.1 Å². The minimum atomic E-state index is 0. The van der Waals surface area contributed by atoms with E-state index in [-0.39, 0.29) is 34.0 Å². The van der Waals surface area contributed by atoms with E-state index in [0.717, 1.165) is 37.1 Å². The molecule has 2 heterocycles. The molecule has 2 N–H and O–H groups in total. The van der Waals surface area contributed by atoms with Gasteiger partial charge in [-0.25, -0.2) is 9.13 Å². The molecule has 0 bridgehead atoms. The van der Waals surface area contributed by atoms with Crippen molar-refractivity contribution < 1.29 is 53.5 Å². The van der Waals surface area contributed by atoms with E-state index in [9.17, 15) is 0 Å². The zero-order chi connectivity index (χ0) is 17.0. The number of aryl methyl sites for hydroxylation is 2. The van der Waals surface area contributed by atoms with Crippen molar-refractivity contribution in [1.29, 1.82) is 0 Å². The zero-order valence-electron chi connectivity index (χ0n) is 14.5. The van der Waals surface area contributed by atoms with Crippen LogP contribution in [0, 0.1) is 0 Å². The minimum Gasteiger partial charge on any atom is -1.00 e. The Morgan fingerprint density at radius 2 is 1.15 bits per heavy atom. The second kappa shape index (κ2) is 14.4. The van der Waals surface area contributed by atoms with Crippen molar-refractivity contribution in [3.05, 3.63) is 60.2 Å². The largest absolute Gasteiger partial charge is 1.00 e. The molecule has 6 nitrogen and oxygen atoms in total. The summed E-state index contributed by atoms with van der Waals surface area (Å²) in [6.45, 7) is 1.92. The van der Waals surface area contributed by atoms with Crippen LogP contribution in [0.4, 0.5) is 0 Å². The minimum absolute atomic E-state index is 0. The quantitative estimate of drug-likeness (QED) is 0.125. The van der Waals surface area contributed by atoms with Crippen LogP contribution in [0.5, 0.6) is 0 Å².